The molecule has 0 aromatic heterocycles. The normalized spacial score (nSPS) is 12.5. The van der Waals surface area contributed by atoms with Crippen molar-refractivity contribution in [3.05, 3.63) is 29.3 Å². The van der Waals surface area contributed by atoms with E-state index < -0.39 is 0 Å². The van der Waals surface area contributed by atoms with Crippen LogP contribution in [0.1, 0.15) is 18.1 Å². The molecule has 2 nitrogen and oxygen atoms in total. The average molecular weight is 207 g/mol. The van der Waals surface area contributed by atoms with Crippen molar-refractivity contribution in [2.45, 2.75) is 20.8 Å². The molecule has 1 atom stereocenters. The second-order valence-corrected chi connectivity index (χ2v) is 4.19. The quantitative estimate of drug-likeness (QED) is 0.801. The Morgan fingerprint density at radius 1 is 1.27 bits per heavy atom. The van der Waals surface area contributed by atoms with Crippen LogP contribution in [0, 0.1) is 19.8 Å². The molecule has 0 spiro atoms. The van der Waals surface area contributed by atoms with E-state index in [0.29, 0.717) is 5.92 Å². The first kappa shape index (κ1) is 12.1. The molecule has 1 aromatic rings. The number of para-hydroxylation sites is 1. The molecule has 0 amide bonds. The first-order chi connectivity index (χ1) is 7.15. The number of ether oxygens (including phenoxy) is 1. The maximum absolute atomic E-state index is 5.84. The van der Waals surface area contributed by atoms with E-state index in [-0.39, 0.29) is 0 Å². The van der Waals surface area contributed by atoms with Gasteiger partial charge in [-0.3, -0.25) is 0 Å². The van der Waals surface area contributed by atoms with Crippen LogP contribution in [-0.4, -0.2) is 20.2 Å². The zero-order valence-electron chi connectivity index (χ0n) is 10.1. The van der Waals surface area contributed by atoms with Gasteiger partial charge in [0.05, 0.1) is 6.61 Å². The van der Waals surface area contributed by atoms with Gasteiger partial charge in [-0.05, 0) is 32.0 Å². The molecule has 0 bridgehead atoms. The Hall–Kier alpha value is -1.02. The number of nitrogens with one attached hydrogen (secondary N) is 1. The molecule has 84 valence electrons. The number of hydrogen-bond acceptors (Lipinski definition) is 2. The molecule has 2 heteroatoms. The fraction of sp³-hybridized carbons (Fsp3) is 0.538. The third kappa shape index (κ3) is 3.56. The lowest BCUT2D eigenvalue weighted by Gasteiger charge is -2.15. The molecule has 0 saturated heterocycles. The standard InChI is InChI=1S/C13H21NO/c1-10(8-14-4)9-15-13-11(2)6-5-7-12(13)3/h5-7,10,14H,8-9H2,1-4H3. The van der Waals surface area contributed by atoms with E-state index in [4.69, 9.17) is 4.74 Å². The van der Waals surface area contributed by atoms with Gasteiger partial charge in [0.2, 0.25) is 0 Å². The van der Waals surface area contributed by atoms with Gasteiger partial charge in [-0.1, -0.05) is 25.1 Å². The highest BCUT2D eigenvalue weighted by molar-refractivity contribution is 5.39. The van der Waals surface area contributed by atoms with Gasteiger partial charge < -0.3 is 10.1 Å². The van der Waals surface area contributed by atoms with Crippen LogP contribution in [0.25, 0.3) is 0 Å². The van der Waals surface area contributed by atoms with Crippen LogP contribution in [0.3, 0.4) is 0 Å². The topological polar surface area (TPSA) is 21.3 Å². The molecular weight excluding hydrogens is 186 g/mol. The predicted octanol–water partition coefficient (Wildman–Crippen LogP) is 2.54. The van der Waals surface area contributed by atoms with E-state index in [2.05, 4.69) is 44.3 Å². The fourth-order valence-electron chi connectivity index (χ4n) is 1.66. The predicted molar refractivity (Wildman–Crippen MR) is 64.5 cm³/mol. The van der Waals surface area contributed by atoms with E-state index in [1.54, 1.807) is 0 Å². The summed E-state index contributed by atoms with van der Waals surface area (Å²) in [4.78, 5) is 0. The zero-order chi connectivity index (χ0) is 11.3. The van der Waals surface area contributed by atoms with E-state index in [1.165, 1.54) is 11.1 Å². The Morgan fingerprint density at radius 2 is 1.87 bits per heavy atom. The molecule has 15 heavy (non-hydrogen) atoms. The molecule has 0 saturated carbocycles. The van der Waals surface area contributed by atoms with Crippen molar-refractivity contribution >= 4 is 0 Å². The Balaban J connectivity index is 2.57. The summed E-state index contributed by atoms with van der Waals surface area (Å²) in [5, 5.41) is 3.15. The van der Waals surface area contributed by atoms with Crippen molar-refractivity contribution in [3.63, 3.8) is 0 Å². The summed E-state index contributed by atoms with van der Waals surface area (Å²) < 4.78 is 5.84. The molecule has 0 radical (unpaired) electrons. The van der Waals surface area contributed by atoms with E-state index in [1.807, 2.05) is 7.05 Å². The van der Waals surface area contributed by atoms with Crippen molar-refractivity contribution in [1.82, 2.24) is 5.32 Å². The second kappa shape index (κ2) is 5.76. The molecule has 1 aromatic carbocycles. The van der Waals surface area contributed by atoms with E-state index >= 15 is 0 Å². The average Bonchev–Trinajstić information content (AvgIpc) is 2.17. The van der Waals surface area contributed by atoms with Gasteiger partial charge in [0.25, 0.3) is 0 Å². The zero-order valence-corrected chi connectivity index (χ0v) is 10.1. The van der Waals surface area contributed by atoms with E-state index in [0.717, 1.165) is 18.9 Å². The van der Waals surface area contributed by atoms with Crippen LogP contribution in [-0.2, 0) is 0 Å². The highest BCUT2D eigenvalue weighted by Crippen LogP contribution is 2.22. The molecule has 0 heterocycles. The van der Waals surface area contributed by atoms with Crippen molar-refractivity contribution in [2.75, 3.05) is 20.2 Å². The minimum absolute atomic E-state index is 0.536. The highest BCUT2D eigenvalue weighted by atomic mass is 16.5. The molecule has 1 rings (SSSR count). The van der Waals surface area contributed by atoms with Crippen LogP contribution in [0.5, 0.6) is 5.75 Å². The van der Waals surface area contributed by atoms with Crippen molar-refractivity contribution in [3.8, 4) is 5.75 Å². The number of aryl methyl sites for hydroxylation is 2. The summed E-state index contributed by atoms with van der Waals surface area (Å²) in [5.74, 6) is 1.58. The fourth-order valence-corrected chi connectivity index (χ4v) is 1.66. The monoisotopic (exact) mass is 207 g/mol. The maximum atomic E-state index is 5.84. The smallest absolute Gasteiger partial charge is 0.125 e. The molecule has 0 fully saturated rings. The van der Waals surface area contributed by atoms with E-state index in [9.17, 15) is 0 Å². The maximum Gasteiger partial charge on any atom is 0.125 e. The van der Waals surface area contributed by atoms with Crippen LogP contribution >= 0.6 is 0 Å². The lowest BCUT2D eigenvalue weighted by molar-refractivity contribution is 0.255. The van der Waals surface area contributed by atoms with Crippen molar-refractivity contribution in [1.29, 1.82) is 0 Å². The van der Waals surface area contributed by atoms with Gasteiger partial charge >= 0.3 is 0 Å². The number of hydrogen-bond donors (Lipinski definition) is 1. The minimum Gasteiger partial charge on any atom is -0.493 e. The molecule has 0 aliphatic carbocycles. The lowest BCUT2D eigenvalue weighted by Crippen LogP contribution is -2.22. The Morgan fingerprint density at radius 3 is 2.40 bits per heavy atom. The Bertz CT molecular complexity index is 289. The van der Waals surface area contributed by atoms with Crippen LogP contribution in [0.4, 0.5) is 0 Å². The third-order valence-electron chi connectivity index (χ3n) is 2.47. The van der Waals surface area contributed by atoms with Gasteiger partial charge in [-0.15, -0.1) is 0 Å². The Labute approximate surface area is 92.6 Å². The van der Waals surface area contributed by atoms with Gasteiger partial charge in [-0.25, -0.2) is 0 Å². The highest BCUT2D eigenvalue weighted by Gasteiger charge is 2.06. The second-order valence-electron chi connectivity index (χ2n) is 4.19. The molecule has 1 N–H and O–H groups in total. The molecule has 0 aliphatic rings. The number of benzene rings is 1. The first-order valence-electron chi connectivity index (χ1n) is 5.48. The van der Waals surface area contributed by atoms with Gasteiger partial charge in [0.15, 0.2) is 0 Å². The lowest BCUT2D eigenvalue weighted by atomic mass is 10.1. The summed E-state index contributed by atoms with van der Waals surface area (Å²) in [6.07, 6.45) is 0. The summed E-state index contributed by atoms with van der Waals surface area (Å²) in [7, 11) is 1.97. The SMILES string of the molecule is CNCC(C)COc1c(C)cccc1C. The summed E-state index contributed by atoms with van der Waals surface area (Å²) in [5.41, 5.74) is 2.43. The first-order valence-corrected chi connectivity index (χ1v) is 5.48. The van der Waals surface area contributed by atoms with Crippen LogP contribution in [0.15, 0.2) is 18.2 Å². The van der Waals surface area contributed by atoms with Crippen LogP contribution in [0.2, 0.25) is 0 Å². The third-order valence-corrected chi connectivity index (χ3v) is 2.47. The van der Waals surface area contributed by atoms with Gasteiger partial charge in [0.1, 0.15) is 5.75 Å². The van der Waals surface area contributed by atoms with Crippen LogP contribution < -0.4 is 10.1 Å². The van der Waals surface area contributed by atoms with Crippen molar-refractivity contribution < 1.29 is 4.74 Å². The minimum atomic E-state index is 0.536. The Kier molecular flexibility index (Phi) is 4.63. The summed E-state index contributed by atoms with van der Waals surface area (Å²) in [6.45, 7) is 8.12. The largest absolute Gasteiger partial charge is 0.493 e. The molecule has 1 unspecified atom stereocenters. The summed E-state index contributed by atoms with van der Waals surface area (Å²) in [6, 6.07) is 6.24. The molecule has 0 aliphatic heterocycles. The van der Waals surface area contributed by atoms with Gasteiger partial charge in [-0.2, -0.15) is 0 Å². The van der Waals surface area contributed by atoms with Crippen molar-refractivity contribution in [2.24, 2.45) is 5.92 Å². The summed E-state index contributed by atoms with van der Waals surface area (Å²) >= 11 is 0. The number of rotatable bonds is 5. The molecular formula is C13H21NO. The van der Waals surface area contributed by atoms with Gasteiger partial charge in [0, 0.05) is 12.5 Å².